The highest BCUT2D eigenvalue weighted by atomic mass is 79.9. The van der Waals surface area contributed by atoms with Crippen LogP contribution < -0.4 is 4.31 Å². The van der Waals surface area contributed by atoms with Crippen LogP contribution in [0.2, 0.25) is 0 Å². The Bertz CT molecular complexity index is 399. The van der Waals surface area contributed by atoms with Gasteiger partial charge in [-0.05, 0) is 17.7 Å². The highest BCUT2D eigenvalue weighted by Gasteiger charge is 2.10. The van der Waals surface area contributed by atoms with Gasteiger partial charge in [0.15, 0.2) is 0 Å². The Kier molecular flexibility index (Phi) is 3.55. The standard InChI is InChI=1S/C9H12BrNO2S/c1-11(14(2,12)13)9-5-3-8(7-10)4-6-9/h3-6H,7H2,1-2H3. The fourth-order valence-electron chi connectivity index (χ4n) is 0.986. The van der Waals surface area contributed by atoms with E-state index in [0.717, 1.165) is 10.9 Å². The molecule has 78 valence electrons. The van der Waals surface area contributed by atoms with Crippen molar-refractivity contribution in [1.29, 1.82) is 0 Å². The van der Waals surface area contributed by atoms with Crippen molar-refractivity contribution in [2.24, 2.45) is 0 Å². The van der Waals surface area contributed by atoms with Crippen LogP contribution in [0.25, 0.3) is 0 Å². The predicted molar refractivity (Wildman–Crippen MR) is 62.3 cm³/mol. The third-order valence-corrected chi connectivity index (χ3v) is 3.80. The van der Waals surface area contributed by atoms with Gasteiger partial charge in [-0.1, -0.05) is 28.1 Å². The number of benzene rings is 1. The summed E-state index contributed by atoms with van der Waals surface area (Å²) in [5, 5.41) is 0.774. The topological polar surface area (TPSA) is 37.4 Å². The molecule has 0 bridgehead atoms. The summed E-state index contributed by atoms with van der Waals surface area (Å²) in [6.07, 6.45) is 1.19. The quantitative estimate of drug-likeness (QED) is 0.793. The molecule has 0 aliphatic heterocycles. The number of hydrogen-bond acceptors (Lipinski definition) is 2. The van der Waals surface area contributed by atoms with E-state index >= 15 is 0 Å². The lowest BCUT2D eigenvalue weighted by Gasteiger charge is -2.16. The maximum atomic E-state index is 11.2. The maximum Gasteiger partial charge on any atom is 0.231 e. The van der Waals surface area contributed by atoms with Crippen molar-refractivity contribution in [1.82, 2.24) is 0 Å². The van der Waals surface area contributed by atoms with Gasteiger partial charge < -0.3 is 0 Å². The van der Waals surface area contributed by atoms with Crippen LogP contribution in [0.1, 0.15) is 5.56 Å². The Hall–Kier alpha value is -0.550. The van der Waals surface area contributed by atoms with E-state index in [0.29, 0.717) is 5.69 Å². The van der Waals surface area contributed by atoms with E-state index in [2.05, 4.69) is 15.9 Å². The fraction of sp³-hybridized carbons (Fsp3) is 0.333. The van der Waals surface area contributed by atoms with Gasteiger partial charge in [0, 0.05) is 12.4 Å². The number of sulfonamides is 1. The predicted octanol–water partition coefficient (Wildman–Crippen LogP) is 1.98. The van der Waals surface area contributed by atoms with E-state index in [-0.39, 0.29) is 0 Å². The van der Waals surface area contributed by atoms with Gasteiger partial charge in [0.25, 0.3) is 0 Å². The zero-order valence-corrected chi connectivity index (χ0v) is 10.5. The van der Waals surface area contributed by atoms with Crippen molar-refractivity contribution < 1.29 is 8.42 Å². The van der Waals surface area contributed by atoms with Crippen LogP contribution >= 0.6 is 15.9 Å². The third-order valence-electron chi connectivity index (χ3n) is 1.95. The van der Waals surface area contributed by atoms with E-state index in [1.165, 1.54) is 10.6 Å². The number of halogens is 1. The molecule has 0 unspecified atom stereocenters. The Balaban J connectivity index is 2.98. The van der Waals surface area contributed by atoms with Gasteiger partial charge in [-0.15, -0.1) is 0 Å². The largest absolute Gasteiger partial charge is 0.274 e. The minimum Gasteiger partial charge on any atom is -0.274 e. The van der Waals surface area contributed by atoms with E-state index in [1.807, 2.05) is 12.1 Å². The van der Waals surface area contributed by atoms with Gasteiger partial charge in [0.1, 0.15) is 0 Å². The summed E-state index contributed by atoms with van der Waals surface area (Å²) in [6, 6.07) is 7.37. The van der Waals surface area contributed by atoms with Gasteiger partial charge >= 0.3 is 0 Å². The molecule has 0 N–H and O–H groups in total. The molecule has 0 radical (unpaired) electrons. The first-order chi connectivity index (χ1) is 6.45. The van der Waals surface area contributed by atoms with Crippen molar-refractivity contribution in [3.8, 4) is 0 Å². The second kappa shape index (κ2) is 4.31. The molecule has 1 aromatic carbocycles. The van der Waals surface area contributed by atoms with Crippen LogP contribution in [-0.4, -0.2) is 21.7 Å². The minimum absolute atomic E-state index is 0.678. The number of alkyl halides is 1. The van der Waals surface area contributed by atoms with Crippen LogP contribution in [0.3, 0.4) is 0 Å². The summed E-state index contributed by atoms with van der Waals surface area (Å²) in [5.41, 5.74) is 1.80. The number of nitrogens with zero attached hydrogens (tertiary/aromatic N) is 1. The average molecular weight is 278 g/mol. The summed E-state index contributed by atoms with van der Waals surface area (Å²) >= 11 is 3.33. The van der Waals surface area contributed by atoms with Gasteiger partial charge in [0.05, 0.1) is 11.9 Å². The van der Waals surface area contributed by atoms with Crippen molar-refractivity contribution >= 4 is 31.6 Å². The number of hydrogen-bond donors (Lipinski definition) is 0. The molecule has 0 atom stereocenters. The molecule has 0 aromatic heterocycles. The highest BCUT2D eigenvalue weighted by Crippen LogP contribution is 2.17. The molecule has 3 nitrogen and oxygen atoms in total. The lowest BCUT2D eigenvalue weighted by molar-refractivity contribution is 0.600. The average Bonchev–Trinajstić information content (AvgIpc) is 2.15. The Morgan fingerprint density at radius 1 is 1.29 bits per heavy atom. The fourth-order valence-corrected chi connectivity index (χ4v) is 1.86. The molecule has 0 aliphatic rings. The van der Waals surface area contributed by atoms with Crippen molar-refractivity contribution in [2.45, 2.75) is 5.33 Å². The zero-order chi connectivity index (χ0) is 10.8. The smallest absolute Gasteiger partial charge is 0.231 e. The van der Waals surface area contributed by atoms with Crippen LogP contribution in [0.5, 0.6) is 0 Å². The van der Waals surface area contributed by atoms with Crippen molar-refractivity contribution in [3.05, 3.63) is 29.8 Å². The molecule has 0 amide bonds. The second-order valence-electron chi connectivity index (χ2n) is 3.03. The summed E-state index contributed by atoms with van der Waals surface area (Å²) in [7, 11) is -1.61. The molecular formula is C9H12BrNO2S. The summed E-state index contributed by atoms with van der Waals surface area (Å²) < 4.78 is 23.7. The molecule has 0 heterocycles. The van der Waals surface area contributed by atoms with E-state index in [4.69, 9.17) is 0 Å². The number of rotatable bonds is 3. The summed E-state index contributed by atoms with van der Waals surface area (Å²) in [5.74, 6) is 0. The zero-order valence-electron chi connectivity index (χ0n) is 8.07. The normalized spacial score (nSPS) is 11.4. The maximum absolute atomic E-state index is 11.2. The molecule has 0 fully saturated rings. The lowest BCUT2D eigenvalue weighted by atomic mass is 10.2. The van der Waals surface area contributed by atoms with Crippen LogP contribution in [0.15, 0.2) is 24.3 Å². The van der Waals surface area contributed by atoms with Gasteiger partial charge in [-0.2, -0.15) is 0 Å². The molecule has 1 aromatic rings. The summed E-state index contributed by atoms with van der Waals surface area (Å²) in [6.45, 7) is 0. The monoisotopic (exact) mass is 277 g/mol. The Labute approximate surface area is 92.9 Å². The van der Waals surface area contributed by atoms with Gasteiger partial charge in [-0.3, -0.25) is 4.31 Å². The van der Waals surface area contributed by atoms with Crippen LogP contribution in [-0.2, 0) is 15.4 Å². The van der Waals surface area contributed by atoms with Crippen LogP contribution in [0, 0.1) is 0 Å². The molecule has 1 rings (SSSR count). The second-order valence-corrected chi connectivity index (χ2v) is 5.61. The molecule has 5 heteroatoms. The molecule has 0 spiro atoms. The van der Waals surface area contributed by atoms with E-state index in [9.17, 15) is 8.42 Å². The van der Waals surface area contributed by atoms with E-state index < -0.39 is 10.0 Å². The molecule has 14 heavy (non-hydrogen) atoms. The molecule has 0 saturated carbocycles. The Morgan fingerprint density at radius 3 is 2.14 bits per heavy atom. The van der Waals surface area contributed by atoms with Crippen molar-refractivity contribution in [3.63, 3.8) is 0 Å². The van der Waals surface area contributed by atoms with Crippen molar-refractivity contribution in [2.75, 3.05) is 17.6 Å². The molecular weight excluding hydrogens is 266 g/mol. The van der Waals surface area contributed by atoms with Gasteiger partial charge in [0.2, 0.25) is 10.0 Å². The third kappa shape index (κ3) is 2.72. The summed E-state index contributed by atoms with van der Waals surface area (Å²) in [4.78, 5) is 0. The Morgan fingerprint density at radius 2 is 1.79 bits per heavy atom. The first kappa shape index (κ1) is 11.5. The minimum atomic E-state index is -3.15. The SMILES string of the molecule is CN(c1ccc(CBr)cc1)S(C)(=O)=O. The lowest BCUT2D eigenvalue weighted by Crippen LogP contribution is -2.24. The first-order valence-corrected chi connectivity index (χ1v) is 7.01. The molecule has 0 aliphatic carbocycles. The van der Waals surface area contributed by atoms with Gasteiger partial charge in [-0.25, -0.2) is 8.42 Å². The first-order valence-electron chi connectivity index (χ1n) is 4.04. The van der Waals surface area contributed by atoms with Crippen LogP contribution in [0.4, 0.5) is 5.69 Å². The highest BCUT2D eigenvalue weighted by molar-refractivity contribution is 9.08. The van der Waals surface area contributed by atoms with E-state index in [1.54, 1.807) is 19.2 Å². The number of anilines is 1. The molecule has 0 saturated heterocycles.